The van der Waals surface area contributed by atoms with E-state index in [1.165, 1.54) is 0 Å². The number of carbonyl (C=O) groups is 1. The zero-order valence-electron chi connectivity index (χ0n) is 11.4. The topological polar surface area (TPSA) is 38.3 Å². The van der Waals surface area contributed by atoms with Gasteiger partial charge in [-0.3, -0.25) is 4.79 Å². The van der Waals surface area contributed by atoms with E-state index in [0.29, 0.717) is 18.4 Å². The van der Waals surface area contributed by atoms with Crippen LogP contribution in [0, 0.1) is 12.8 Å². The average Bonchev–Trinajstić information content (AvgIpc) is 2.31. The first kappa shape index (κ1) is 14.5. The second-order valence-corrected chi connectivity index (χ2v) is 5.99. The molecule has 1 saturated carbocycles. The van der Waals surface area contributed by atoms with Crippen LogP contribution in [0.15, 0.2) is 22.7 Å². The van der Waals surface area contributed by atoms with Gasteiger partial charge >= 0.3 is 0 Å². The lowest BCUT2D eigenvalue weighted by Gasteiger charge is -2.34. The van der Waals surface area contributed by atoms with Crippen molar-refractivity contribution < 1.29 is 9.53 Å². The molecule has 0 saturated heterocycles. The molecule has 1 aliphatic carbocycles. The Hall–Kier alpha value is -0.870. The molecule has 2 rings (SSSR count). The van der Waals surface area contributed by atoms with E-state index >= 15 is 0 Å². The van der Waals surface area contributed by atoms with E-state index < -0.39 is 0 Å². The molecule has 1 amide bonds. The van der Waals surface area contributed by atoms with Crippen LogP contribution in [0.25, 0.3) is 0 Å². The molecule has 0 heterocycles. The first-order valence-electron chi connectivity index (χ1n) is 6.76. The normalized spacial score (nSPS) is 21.8. The van der Waals surface area contributed by atoms with E-state index in [0.717, 1.165) is 35.2 Å². The summed E-state index contributed by atoms with van der Waals surface area (Å²) in [7, 11) is 0. The van der Waals surface area contributed by atoms with Crippen molar-refractivity contribution in [2.75, 3.05) is 11.9 Å². The molecule has 1 N–H and O–H groups in total. The molecule has 0 atom stereocenters. The van der Waals surface area contributed by atoms with Gasteiger partial charge in [-0.2, -0.15) is 0 Å². The highest BCUT2D eigenvalue weighted by Crippen LogP contribution is 2.33. The van der Waals surface area contributed by atoms with Crippen LogP contribution < -0.4 is 5.32 Å². The lowest BCUT2D eigenvalue weighted by molar-refractivity contribution is -0.119. The third-order valence-electron chi connectivity index (χ3n) is 3.51. The Kier molecular flexibility index (Phi) is 4.99. The molecule has 104 valence electrons. The molecule has 0 unspecified atom stereocenters. The average molecular weight is 326 g/mol. The molecule has 0 bridgehead atoms. The van der Waals surface area contributed by atoms with Gasteiger partial charge in [-0.1, -0.05) is 15.9 Å². The van der Waals surface area contributed by atoms with Crippen molar-refractivity contribution >= 4 is 27.5 Å². The summed E-state index contributed by atoms with van der Waals surface area (Å²) in [6, 6.07) is 5.85. The summed E-state index contributed by atoms with van der Waals surface area (Å²) in [4.78, 5) is 11.9. The van der Waals surface area contributed by atoms with Crippen LogP contribution in [0.3, 0.4) is 0 Å². The number of anilines is 1. The summed E-state index contributed by atoms with van der Waals surface area (Å²) in [5, 5.41) is 2.96. The molecular weight excluding hydrogens is 306 g/mol. The molecule has 1 fully saturated rings. The second-order valence-electron chi connectivity index (χ2n) is 5.13. The van der Waals surface area contributed by atoms with Crippen molar-refractivity contribution in [3.63, 3.8) is 0 Å². The first-order chi connectivity index (χ1) is 9.08. The fourth-order valence-electron chi connectivity index (χ4n) is 2.41. The smallest absolute Gasteiger partial charge is 0.224 e. The predicted molar refractivity (Wildman–Crippen MR) is 80.3 cm³/mol. The molecule has 0 spiro atoms. The standard InChI is InChI=1S/C15H20BrNO2/c1-3-19-13-7-11(8-13)9-15(18)17-12-4-5-14(16)10(2)6-12/h4-6,11,13H,3,7-9H2,1-2H3,(H,17,18). The van der Waals surface area contributed by atoms with E-state index in [-0.39, 0.29) is 5.91 Å². The van der Waals surface area contributed by atoms with Crippen molar-refractivity contribution in [1.29, 1.82) is 0 Å². The number of aryl methyl sites for hydroxylation is 1. The summed E-state index contributed by atoms with van der Waals surface area (Å²) in [5.41, 5.74) is 1.99. The van der Waals surface area contributed by atoms with Crippen molar-refractivity contribution in [3.8, 4) is 0 Å². The molecule has 1 aromatic rings. The van der Waals surface area contributed by atoms with Gasteiger partial charge in [0.25, 0.3) is 0 Å². The number of benzene rings is 1. The van der Waals surface area contributed by atoms with Gasteiger partial charge in [0.2, 0.25) is 5.91 Å². The number of hydrogen-bond donors (Lipinski definition) is 1. The van der Waals surface area contributed by atoms with E-state index in [1.807, 2.05) is 32.0 Å². The minimum absolute atomic E-state index is 0.0988. The van der Waals surface area contributed by atoms with Crippen LogP contribution in [0.5, 0.6) is 0 Å². The van der Waals surface area contributed by atoms with Crippen molar-refractivity contribution in [3.05, 3.63) is 28.2 Å². The van der Waals surface area contributed by atoms with Crippen LogP contribution in [0.1, 0.15) is 31.7 Å². The Morgan fingerprint density at radius 2 is 2.21 bits per heavy atom. The molecule has 0 radical (unpaired) electrons. The third kappa shape index (κ3) is 4.05. The Morgan fingerprint density at radius 1 is 1.47 bits per heavy atom. The molecule has 19 heavy (non-hydrogen) atoms. The third-order valence-corrected chi connectivity index (χ3v) is 4.40. The van der Waals surface area contributed by atoms with Crippen LogP contribution in [-0.2, 0) is 9.53 Å². The van der Waals surface area contributed by atoms with Gasteiger partial charge in [0, 0.05) is 23.2 Å². The number of rotatable bonds is 5. The van der Waals surface area contributed by atoms with Crippen molar-refractivity contribution in [2.24, 2.45) is 5.92 Å². The van der Waals surface area contributed by atoms with E-state index in [4.69, 9.17) is 4.74 Å². The molecule has 1 aromatic carbocycles. The first-order valence-corrected chi connectivity index (χ1v) is 7.55. The predicted octanol–water partition coefficient (Wildman–Crippen LogP) is 3.90. The van der Waals surface area contributed by atoms with E-state index in [2.05, 4.69) is 21.2 Å². The SMILES string of the molecule is CCOC1CC(CC(=O)Nc2ccc(Br)c(C)c2)C1. The molecule has 3 nitrogen and oxygen atoms in total. The summed E-state index contributed by atoms with van der Waals surface area (Å²) >= 11 is 3.45. The van der Waals surface area contributed by atoms with Gasteiger partial charge in [0.15, 0.2) is 0 Å². The molecule has 0 aromatic heterocycles. The molecular formula is C15H20BrNO2. The van der Waals surface area contributed by atoms with Gasteiger partial charge in [-0.15, -0.1) is 0 Å². The summed E-state index contributed by atoms with van der Waals surface area (Å²) in [6.45, 7) is 4.79. The molecule has 1 aliphatic rings. The number of ether oxygens (including phenoxy) is 1. The number of hydrogen-bond acceptors (Lipinski definition) is 2. The highest BCUT2D eigenvalue weighted by Gasteiger charge is 2.30. The zero-order valence-corrected chi connectivity index (χ0v) is 13.0. The number of nitrogens with one attached hydrogen (secondary N) is 1. The number of halogens is 1. The van der Waals surface area contributed by atoms with Crippen molar-refractivity contribution in [2.45, 2.75) is 39.2 Å². The van der Waals surface area contributed by atoms with Crippen LogP contribution in [0.2, 0.25) is 0 Å². The van der Waals surface area contributed by atoms with Gasteiger partial charge < -0.3 is 10.1 Å². The lowest BCUT2D eigenvalue weighted by atomic mass is 9.80. The summed E-state index contributed by atoms with van der Waals surface area (Å²) in [5.74, 6) is 0.578. The highest BCUT2D eigenvalue weighted by molar-refractivity contribution is 9.10. The lowest BCUT2D eigenvalue weighted by Crippen LogP contribution is -2.33. The van der Waals surface area contributed by atoms with E-state index in [9.17, 15) is 4.79 Å². The molecule has 0 aliphatic heterocycles. The highest BCUT2D eigenvalue weighted by atomic mass is 79.9. The maximum absolute atomic E-state index is 11.9. The van der Waals surface area contributed by atoms with Gasteiger partial charge in [-0.25, -0.2) is 0 Å². The van der Waals surface area contributed by atoms with Crippen LogP contribution >= 0.6 is 15.9 Å². The van der Waals surface area contributed by atoms with E-state index in [1.54, 1.807) is 0 Å². The van der Waals surface area contributed by atoms with Gasteiger partial charge in [-0.05, 0) is 56.4 Å². The maximum Gasteiger partial charge on any atom is 0.224 e. The zero-order chi connectivity index (χ0) is 13.8. The summed E-state index contributed by atoms with van der Waals surface area (Å²) < 4.78 is 6.56. The van der Waals surface area contributed by atoms with Gasteiger partial charge in [0.1, 0.15) is 0 Å². The fraction of sp³-hybridized carbons (Fsp3) is 0.533. The Morgan fingerprint density at radius 3 is 2.84 bits per heavy atom. The fourth-order valence-corrected chi connectivity index (χ4v) is 2.66. The Balaban J connectivity index is 1.77. The quantitative estimate of drug-likeness (QED) is 0.891. The number of amides is 1. The van der Waals surface area contributed by atoms with Gasteiger partial charge in [0.05, 0.1) is 6.10 Å². The maximum atomic E-state index is 11.9. The number of carbonyl (C=O) groups excluding carboxylic acids is 1. The van der Waals surface area contributed by atoms with Crippen LogP contribution in [0.4, 0.5) is 5.69 Å². The minimum atomic E-state index is 0.0988. The van der Waals surface area contributed by atoms with Crippen LogP contribution in [-0.4, -0.2) is 18.6 Å². The van der Waals surface area contributed by atoms with Crippen molar-refractivity contribution in [1.82, 2.24) is 0 Å². The minimum Gasteiger partial charge on any atom is -0.378 e. The monoisotopic (exact) mass is 325 g/mol. The molecule has 4 heteroatoms. The second kappa shape index (κ2) is 6.53. The Bertz CT molecular complexity index is 455. The largest absolute Gasteiger partial charge is 0.378 e. The summed E-state index contributed by atoms with van der Waals surface area (Å²) in [6.07, 6.45) is 3.00. The Labute approximate surface area is 122 Å².